The van der Waals surface area contributed by atoms with Gasteiger partial charge in [0.2, 0.25) is 10.0 Å². The average Bonchev–Trinajstić information content (AvgIpc) is 2.36. The molecule has 11 heavy (non-hydrogen) atoms. The van der Waals surface area contributed by atoms with E-state index in [1.54, 1.807) is 13.8 Å². The van der Waals surface area contributed by atoms with Crippen LogP contribution in [0.4, 0.5) is 0 Å². The van der Waals surface area contributed by atoms with Gasteiger partial charge in [0.05, 0.1) is 12.4 Å². The van der Waals surface area contributed by atoms with Gasteiger partial charge in [0, 0.05) is 6.54 Å². The lowest BCUT2D eigenvalue weighted by Crippen LogP contribution is -2.35. The van der Waals surface area contributed by atoms with Crippen molar-refractivity contribution in [1.29, 1.82) is 0 Å². The van der Waals surface area contributed by atoms with Crippen LogP contribution in [0.5, 0.6) is 0 Å². The lowest BCUT2D eigenvalue weighted by atomic mass is 10.7. The summed E-state index contributed by atoms with van der Waals surface area (Å²) in [5.74, 6) is 0.153. The van der Waals surface area contributed by atoms with E-state index in [4.69, 9.17) is 4.74 Å². The first-order valence-corrected chi connectivity index (χ1v) is 5.30. The summed E-state index contributed by atoms with van der Waals surface area (Å²) in [5, 5.41) is 0. The lowest BCUT2D eigenvalue weighted by molar-refractivity contribution is 0.0847. The molecule has 0 radical (unpaired) electrons. The van der Waals surface area contributed by atoms with Gasteiger partial charge in [-0.1, -0.05) is 0 Å². The summed E-state index contributed by atoms with van der Waals surface area (Å²) in [7, 11) is -3.04. The van der Waals surface area contributed by atoms with Gasteiger partial charge in [0.15, 0.2) is 0 Å². The zero-order valence-corrected chi connectivity index (χ0v) is 7.60. The van der Waals surface area contributed by atoms with E-state index < -0.39 is 10.0 Å². The quantitative estimate of drug-likeness (QED) is 0.600. The SMILES string of the molecule is CCS(=O)(=O)N1CCOC1C. The van der Waals surface area contributed by atoms with Gasteiger partial charge in [-0.05, 0) is 13.8 Å². The minimum atomic E-state index is -3.04. The van der Waals surface area contributed by atoms with Crippen molar-refractivity contribution in [2.24, 2.45) is 0 Å². The molecule has 0 aliphatic carbocycles. The molecule has 0 aromatic rings. The Morgan fingerprint density at radius 2 is 2.27 bits per heavy atom. The molecule has 0 saturated carbocycles. The Bertz CT molecular complexity index is 224. The van der Waals surface area contributed by atoms with Crippen LogP contribution in [0, 0.1) is 0 Å². The van der Waals surface area contributed by atoms with Crippen LogP contribution in [-0.2, 0) is 14.8 Å². The first kappa shape index (κ1) is 8.96. The van der Waals surface area contributed by atoms with Crippen LogP contribution in [0.1, 0.15) is 13.8 Å². The van der Waals surface area contributed by atoms with E-state index >= 15 is 0 Å². The monoisotopic (exact) mass is 179 g/mol. The van der Waals surface area contributed by atoms with Gasteiger partial charge in [-0.25, -0.2) is 8.42 Å². The fourth-order valence-corrected chi connectivity index (χ4v) is 2.31. The topological polar surface area (TPSA) is 46.6 Å². The van der Waals surface area contributed by atoms with Crippen LogP contribution in [0.15, 0.2) is 0 Å². The molecule has 5 heteroatoms. The molecule has 0 aromatic heterocycles. The molecule has 66 valence electrons. The van der Waals surface area contributed by atoms with Gasteiger partial charge in [-0.3, -0.25) is 0 Å². The summed E-state index contributed by atoms with van der Waals surface area (Å²) in [5.41, 5.74) is 0. The van der Waals surface area contributed by atoms with Gasteiger partial charge >= 0.3 is 0 Å². The minimum Gasteiger partial charge on any atom is -0.361 e. The first-order valence-electron chi connectivity index (χ1n) is 3.69. The molecular formula is C6H13NO3S. The van der Waals surface area contributed by atoms with Crippen LogP contribution in [0.3, 0.4) is 0 Å². The number of nitrogens with zero attached hydrogens (tertiary/aromatic N) is 1. The van der Waals surface area contributed by atoms with Gasteiger partial charge in [-0.2, -0.15) is 4.31 Å². The smallest absolute Gasteiger partial charge is 0.216 e. The maximum Gasteiger partial charge on any atom is 0.216 e. The number of ether oxygens (including phenoxy) is 1. The van der Waals surface area contributed by atoms with Crippen molar-refractivity contribution in [3.63, 3.8) is 0 Å². The molecule has 0 bridgehead atoms. The Hall–Kier alpha value is -0.130. The Kier molecular flexibility index (Phi) is 2.51. The largest absolute Gasteiger partial charge is 0.361 e. The highest BCUT2D eigenvalue weighted by atomic mass is 32.2. The van der Waals surface area contributed by atoms with Crippen LogP contribution >= 0.6 is 0 Å². The number of rotatable bonds is 2. The standard InChI is InChI=1S/C6H13NO3S/c1-3-11(8,9)7-4-5-10-6(7)2/h6H,3-5H2,1-2H3. The molecule has 1 atom stereocenters. The van der Waals surface area contributed by atoms with Crippen LogP contribution in [-0.4, -0.2) is 37.9 Å². The second-order valence-electron chi connectivity index (χ2n) is 2.48. The van der Waals surface area contributed by atoms with Crippen molar-refractivity contribution in [3.8, 4) is 0 Å². The van der Waals surface area contributed by atoms with E-state index in [-0.39, 0.29) is 12.0 Å². The van der Waals surface area contributed by atoms with E-state index in [1.165, 1.54) is 4.31 Å². The molecule has 1 aliphatic heterocycles. The molecule has 1 saturated heterocycles. The number of sulfonamides is 1. The highest BCUT2D eigenvalue weighted by Crippen LogP contribution is 2.14. The molecule has 4 nitrogen and oxygen atoms in total. The van der Waals surface area contributed by atoms with E-state index in [9.17, 15) is 8.42 Å². The summed E-state index contributed by atoms with van der Waals surface area (Å²) in [6, 6.07) is 0. The van der Waals surface area contributed by atoms with Crippen LogP contribution in [0.25, 0.3) is 0 Å². The van der Waals surface area contributed by atoms with E-state index in [0.717, 1.165) is 0 Å². The Morgan fingerprint density at radius 3 is 2.64 bits per heavy atom. The normalized spacial score (nSPS) is 27.6. The zero-order chi connectivity index (χ0) is 8.48. The third kappa shape index (κ3) is 1.72. The second-order valence-corrected chi connectivity index (χ2v) is 4.69. The molecule has 0 spiro atoms. The van der Waals surface area contributed by atoms with E-state index in [2.05, 4.69) is 0 Å². The molecule has 0 aromatic carbocycles. The van der Waals surface area contributed by atoms with Gasteiger partial charge < -0.3 is 4.74 Å². The van der Waals surface area contributed by atoms with Crippen molar-refractivity contribution in [2.45, 2.75) is 20.1 Å². The number of hydrogen-bond acceptors (Lipinski definition) is 3. The molecule has 1 rings (SSSR count). The summed E-state index contributed by atoms with van der Waals surface area (Å²) in [4.78, 5) is 0. The molecule has 0 amide bonds. The summed E-state index contributed by atoms with van der Waals surface area (Å²) >= 11 is 0. The third-order valence-electron chi connectivity index (χ3n) is 1.80. The Labute approximate surface area is 67.2 Å². The Balaban J connectivity index is 2.75. The average molecular weight is 179 g/mol. The van der Waals surface area contributed by atoms with E-state index in [1.807, 2.05) is 0 Å². The molecule has 1 fully saturated rings. The molecule has 1 unspecified atom stereocenters. The first-order chi connectivity index (χ1) is 5.08. The van der Waals surface area contributed by atoms with Crippen molar-refractivity contribution in [3.05, 3.63) is 0 Å². The summed E-state index contributed by atoms with van der Waals surface area (Å²) in [6.07, 6.45) is -0.278. The van der Waals surface area contributed by atoms with Gasteiger partial charge in [0.1, 0.15) is 6.23 Å². The Morgan fingerprint density at radius 1 is 1.64 bits per heavy atom. The highest BCUT2D eigenvalue weighted by Gasteiger charge is 2.30. The van der Waals surface area contributed by atoms with Crippen molar-refractivity contribution in [2.75, 3.05) is 18.9 Å². The molecule has 0 N–H and O–H groups in total. The van der Waals surface area contributed by atoms with Crippen LogP contribution < -0.4 is 0 Å². The zero-order valence-electron chi connectivity index (χ0n) is 6.78. The predicted molar refractivity (Wildman–Crippen MR) is 41.6 cm³/mol. The second kappa shape index (κ2) is 3.08. The molecule has 1 heterocycles. The van der Waals surface area contributed by atoms with Gasteiger partial charge in [-0.15, -0.1) is 0 Å². The minimum absolute atomic E-state index is 0.153. The van der Waals surface area contributed by atoms with Crippen molar-refractivity contribution >= 4 is 10.0 Å². The highest BCUT2D eigenvalue weighted by molar-refractivity contribution is 7.89. The van der Waals surface area contributed by atoms with Gasteiger partial charge in [0.25, 0.3) is 0 Å². The summed E-state index contributed by atoms with van der Waals surface area (Å²) in [6.45, 7) is 4.40. The van der Waals surface area contributed by atoms with Crippen molar-refractivity contribution < 1.29 is 13.2 Å². The fourth-order valence-electron chi connectivity index (χ4n) is 1.11. The predicted octanol–water partition coefficient (Wildman–Crippen LogP) is 0.0143. The van der Waals surface area contributed by atoms with Crippen LogP contribution in [0.2, 0.25) is 0 Å². The fraction of sp³-hybridized carbons (Fsp3) is 1.00. The lowest BCUT2D eigenvalue weighted by Gasteiger charge is -2.17. The maximum absolute atomic E-state index is 11.3. The maximum atomic E-state index is 11.3. The number of hydrogen-bond donors (Lipinski definition) is 0. The molecule has 1 aliphatic rings. The van der Waals surface area contributed by atoms with E-state index in [0.29, 0.717) is 13.2 Å². The molecular weight excluding hydrogens is 166 g/mol. The third-order valence-corrected chi connectivity index (χ3v) is 3.72. The van der Waals surface area contributed by atoms with Crippen molar-refractivity contribution in [1.82, 2.24) is 4.31 Å². The summed E-state index contributed by atoms with van der Waals surface area (Å²) < 4.78 is 29.0.